The molecule has 2 unspecified atom stereocenters. The highest BCUT2D eigenvalue weighted by atomic mass is 16.5. The van der Waals surface area contributed by atoms with Crippen LogP contribution in [0, 0.1) is 12.3 Å². The van der Waals surface area contributed by atoms with Crippen LogP contribution in [0.15, 0.2) is 24.3 Å². The van der Waals surface area contributed by atoms with Crippen molar-refractivity contribution in [2.75, 3.05) is 13.2 Å². The SMILES string of the molecule is Cc1nc2ccccc2n1CCNC(=O)NC1CCOC(C(C)(C)C)C1. The zero-order valence-electron chi connectivity index (χ0n) is 16.2. The highest BCUT2D eigenvalue weighted by molar-refractivity contribution is 5.76. The summed E-state index contributed by atoms with van der Waals surface area (Å²) in [6, 6.07) is 8.13. The van der Waals surface area contributed by atoms with E-state index in [4.69, 9.17) is 4.74 Å². The van der Waals surface area contributed by atoms with Crippen LogP contribution in [0.25, 0.3) is 11.0 Å². The number of hydrogen-bond donors (Lipinski definition) is 2. The summed E-state index contributed by atoms with van der Waals surface area (Å²) in [7, 11) is 0. The lowest BCUT2D eigenvalue weighted by Gasteiger charge is -2.37. The van der Waals surface area contributed by atoms with Crippen molar-refractivity contribution < 1.29 is 9.53 Å². The van der Waals surface area contributed by atoms with Gasteiger partial charge >= 0.3 is 6.03 Å². The number of aryl methyl sites for hydroxylation is 1. The van der Waals surface area contributed by atoms with Gasteiger partial charge in [-0.1, -0.05) is 32.9 Å². The van der Waals surface area contributed by atoms with Gasteiger partial charge in [0.2, 0.25) is 0 Å². The number of rotatable bonds is 4. The number of imidazole rings is 1. The van der Waals surface area contributed by atoms with Crippen LogP contribution in [0.4, 0.5) is 4.79 Å². The Labute approximate surface area is 155 Å². The number of benzene rings is 1. The fourth-order valence-corrected chi connectivity index (χ4v) is 3.53. The minimum atomic E-state index is -0.105. The summed E-state index contributed by atoms with van der Waals surface area (Å²) in [6.45, 7) is 10.5. The molecule has 1 aromatic carbocycles. The fraction of sp³-hybridized carbons (Fsp3) is 0.600. The lowest BCUT2D eigenvalue weighted by atomic mass is 9.83. The highest BCUT2D eigenvalue weighted by Crippen LogP contribution is 2.29. The average molecular weight is 358 g/mol. The predicted octanol–water partition coefficient (Wildman–Crippen LogP) is 3.24. The summed E-state index contributed by atoms with van der Waals surface area (Å²) in [4.78, 5) is 16.8. The molecule has 142 valence electrons. The predicted molar refractivity (Wildman–Crippen MR) is 103 cm³/mol. The van der Waals surface area contributed by atoms with E-state index in [0.29, 0.717) is 19.7 Å². The smallest absolute Gasteiger partial charge is 0.315 e. The largest absolute Gasteiger partial charge is 0.378 e. The van der Waals surface area contributed by atoms with Crippen molar-refractivity contribution in [1.82, 2.24) is 20.2 Å². The molecule has 1 aromatic heterocycles. The molecule has 0 aliphatic carbocycles. The number of aromatic nitrogens is 2. The zero-order valence-corrected chi connectivity index (χ0v) is 16.2. The third-order valence-electron chi connectivity index (χ3n) is 5.05. The van der Waals surface area contributed by atoms with Crippen molar-refractivity contribution in [2.45, 2.75) is 59.2 Å². The standard InChI is InChI=1S/C20H30N4O2/c1-14-22-16-7-5-6-8-17(16)24(14)11-10-21-19(25)23-15-9-12-26-18(13-15)20(2,3)4/h5-8,15,18H,9-13H2,1-4H3,(H2,21,23,25). The lowest BCUT2D eigenvalue weighted by molar-refractivity contribution is -0.0565. The second-order valence-electron chi connectivity index (χ2n) is 8.15. The molecule has 1 saturated heterocycles. The molecule has 2 atom stereocenters. The average Bonchev–Trinajstić information content (AvgIpc) is 2.90. The number of fused-ring (bicyclic) bond motifs is 1. The first-order valence-electron chi connectivity index (χ1n) is 9.42. The number of amides is 2. The Bertz CT molecular complexity index is 763. The maximum absolute atomic E-state index is 12.3. The molecule has 1 aliphatic heterocycles. The molecule has 1 fully saturated rings. The zero-order chi connectivity index (χ0) is 18.7. The van der Waals surface area contributed by atoms with Gasteiger partial charge in [-0.3, -0.25) is 0 Å². The van der Waals surface area contributed by atoms with Gasteiger partial charge in [0.25, 0.3) is 0 Å². The molecule has 2 N–H and O–H groups in total. The summed E-state index contributed by atoms with van der Waals surface area (Å²) in [6.07, 6.45) is 1.91. The van der Waals surface area contributed by atoms with E-state index in [2.05, 4.69) is 47.0 Å². The number of nitrogens with zero attached hydrogens (tertiary/aromatic N) is 2. The summed E-state index contributed by atoms with van der Waals surface area (Å²) in [5, 5.41) is 6.07. The van der Waals surface area contributed by atoms with E-state index in [1.54, 1.807) is 0 Å². The molecule has 3 rings (SSSR count). The van der Waals surface area contributed by atoms with Crippen LogP contribution in [0.5, 0.6) is 0 Å². The summed E-state index contributed by atoms with van der Waals surface area (Å²) < 4.78 is 7.99. The van der Waals surface area contributed by atoms with E-state index in [1.807, 2.05) is 25.1 Å². The van der Waals surface area contributed by atoms with Crippen molar-refractivity contribution in [3.05, 3.63) is 30.1 Å². The molecule has 2 aromatic rings. The summed E-state index contributed by atoms with van der Waals surface area (Å²) in [5.41, 5.74) is 2.19. The molecule has 0 spiro atoms. The van der Waals surface area contributed by atoms with E-state index in [-0.39, 0.29) is 23.6 Å². The first-order valence-corrected chi connectivity index (χ1v) is 9.42. The molecule has 6 heteroatoms. The number of carbonyl (C=O) groups excluding carboxylic acids is 1. The van der Waals surface area contributed by atoms with E-state index < -0.39 is 0 Å². The van der Waals surface area contributed by atoms with Crippen molar-refractivity contribution >= 4 is 17.1 Å². The van der Waals surface area contributed by atoms with E-state index in [0.717, 1.165) is 29.7 Å². The van der Waals surface area contributed by atoms with Crippen LogP contribution in [0.2, 0.25) is 0 Å². The minimum absolute atomic E-state index is 0.0941. The van der Waals surface area contributed by atoms with Gasteiger partial charge < -0.3 is 19.9 Å². The molecular formula is C20H30N4O2. The normalized spacial score (nSPS) is 20.9. The molecule has 2 heterocycles. The second kappa shape index (κ2) is 7.66. The molecule has 2 amide bonds. The quantitative estimate of drug-likeness (QED) is 0.882. The molecule has 0 bridgehead atoms. The summed E-state index contributed by atoms with van der Waals surface area (Å²) >= 11 is 0. The number of para-hydroxylation sites is 2. The molecular weight excluding hydrogens is 328 g/mol. The van der Waals surface area contributed by atoms with Gasteiger partial charge in [0.15, 0.2) is 0 Å². The van der Waals surface area contributed by atoms with E-state index in [9.17, 15) is 4.79 Å². The van der Waals surface area contributed by atoms with Gasteiger partial charge in [-0.2, -0.15) is 0 Å². The Balaban J connectivity index is 1.49. The number of hydrogen-bond acceptors (Lipinski definition) is 3. The molecule has 0 radical (unpaired) electrons. The monoisotopic (exact) mass is 358 g/mol. The van der Waals surface area contributed by atoms with Gasteiger partial charge in [-0.25, -0.2) is 9.78 Å². The van der Waals surface area contributed by atoms with Crippen LogP contribution in [-0.4, -0.2) is 40.9 Å². The van der Waals surface area contributed by atoms with Gasteiger partial charge in [-0.15, -0.1) is 0 Å². The third kappa shape index (κ3) is 4.36. The van der Waals surface area contributed by atoms with Crippen LogP contribution in [0.3, 0.4) is 0 Å². The van der Waals surface area contributed by atoms with Crippen molar-refractivity contribution in [1.29, 1.82) is 0 Å². The third-order valence-corrected chi connectivity index (χ3v) is 5.05. The maximum atomic E-state index is 12.3. The first-order chi connectivity index (χ1) is 12.3. The molecule has 0 saturated carbocycles. The number of ether oxygens (including phenoxy) is 1. The Morgan fingerprint density at radius 3 is 2.88 bits per heavy atom. The van der Waals surface area contributed by atoms with E-state index in [1.165, 1.54) is 0 Å². The van der Waals surface area contributed by atoms with Gasteiger partial charge in [0.05, 0.1) is 17.1 Å². The van der Waals surface area contributed by atoms with Gasteiger partial charge in [-0.05, 0) is 37.3 Å². The van der Waals surface area contributed by atoms with Gasteiger partial charge in [0.1, 0.15) is 5.82 Å². The topological polar surface area (TPSA) is 68.2 Å². The van der Waals surface area contributed by atoms with E-state index >= 15 is 0 Å². The Kier molecular flexibility index (Phi) is 5.51. The van der Waals surface area contributed by atoms with Crippen molar-refractivity contribution in [3.63, 3.8) is 0 Å². The number of urea groups is 1. The highest BCUT2D eigenvalue weighted by Gasteiger charge is 2.32. The Hall–Kier alpha value is -2.08. The summed E-state index contributed by atoms with van der Waals surface area (Å²) in [5.74, 6) is 0.964. The maximum Gasteiger partial charge on any atom is 0.315 e. The Morgan fingerprint density at radius 1 is 1.35 bits per heavy atom. The molecule has 1 aliphatic rings. The lowest BCUT2D eigenvalue weighted by Crippen LogP contribution is -2.49. The van der Waals surface area contributed by atoms with Crippen molar-refractivity contribution in [3.8, 4) is 0 Å². The molecule has 6 nitrogen and oxygen atoms in total. The van der Waals surface area contributed by atoms with Gasteiger partial charge in [0, 0.05) is 25.7 Å². The second-order valence-corrected chi connectivity index (χ2v) is 8.15. The first kappa shape index (κ1) is 18.7. The van der Waals surface area contributed by atoms with Crippen LogP contribution in [0.1, 0.15) is 39.4 Å². The molecule has 26 heavy (non-hydrogen) atoms. The fourth-order valence-electron chi connectivity index (χ4n) is 3.53. The van der Waals surface area contributed by atoms with Crippen LogP contribution < -0.4 is 10.6 Å². The number of carbonyl (C=O) groups is 1. The van der Waals surface area contributed by atoms with Crippen molar-refractivity contribution in [2.24, 2.45) is 5.41 Å². The Morgan fingerprint density at radius 2 is 2.12 bits per heavy atom. The van der Waals surface area contributed by atoms with Crippen LogP contribution in [-0.2, 0) is 11.3 Å². The van der Waals surface area contributed by atoms with Crippen LogP contribution >= 0.6 is 0 Å². The minimum Gasteiger partial charge on any atom is -0.378 e. The number of nitrogens with one attached hydrogen (secondary N) is 2.